The highest BCUT2D eigenvalue weighted by Gasteiger charge is 2.18. The van der Waals surface area contributed by atoms with Gasteiger partial charge in [0.15, 0.2) is 0 Å². The maximum absolute atomic E-state index is 12.2. The van der Waals surface area contributed by atoms with E-state index in [2.05, 4.69) is 46.3 Å². The Morgan fingerprint density at radius 1 is 1.04 bits per heavy atom. The number of carbonyl (C=O) groups is 1. The van der Waals surface area contributed by atoms with Crippen molar-refractivity contribution in [3.8, 4) is 5.75 Å². The van der Waals surface area contributed by atoms with Crippen LogP contribution in [0.3, 0.4) is 0 Å². The van der Waals surface area contributed by atoms with Crippen molar-refractivity contribution < 1.29 is 9.53 Å². The molecule has 1 amide bonds. The summed E-state index contributed by atoms with van der Waals surface area (Å²) >= 11 is 0. The van der Waals surface area contributed by atoms with Crippen molar-refractivity contribution in [3.63, 3.8) is 0 Å². The van der Waals surface area contributed by atoms with E-state index in [1.165, 1.54) is 11.3 Å². The predicted molar refractivity (Wildman–Crippen MR) is 106 cm³/mol. The molecule has 0 saturated carbocycles. The van der Waals surface area contributed by atoms with E-state index >= 15 is 0 Å². The molecule has 0 unspecified atom stereocenters. The summed E-state index contributed by atoms with van der Waals surface area (Å²) in [6, 6.07) is 16.0. The van der Waals surface area contributed by atoms with Crippen LogP contribution in [0.25, 0.3) is 0 Å². The van der Waals surface area contributed by atoms with Gasteiger partial charge in [0.2, 0.25) is 5.91 Å². The molecule has 5 nitrogen and oxygen atoms in total. The van der Waals surface area contributed by atoms with Gasteiger partial charge in [0.25, 0.3) is 0 Å². The van der Waals surface area contributed by atoms with E-state index in [0.717, 1.165) is 38.4 Å². The van der Waals surface area contributed by atoms with Crippen molar-refractivity contribution in [3.05, 3.63) is 54.1 Å². The Balaban J connectivity index is 1.45. The molecule has 1 saturated heterocycles. The lowest BCUT2D eigenvalue weighted by Crippen LogP contribution is -2.47. The Hall–Kier alpha value is -2.53. The fraction of sp³-hybridized carbons (Fsp3) is 0.381. The first-order chi connectivity index (χ1) is 12.7. The first-order valence-corrected chi connectivity index (χ1v) is 9.13. The van der Waals surface area contributed by atoms with Gasteiger partial charge in [-0.25, -0.2) is 0 Å². The number of piperazine rings is 1. The lowest BCUT2D eigenvalue weighted by molar-refractivity contribution is -0.116. The maximum atomic E-state index is 12.2. The molecule has 3 rings (SSSR count). The van der Waals surface area contributed by atoms with E-state index in [1.807, 2.05) is 24.3 Å². The molecule has 0 aliphatic carbocycles. The zero-order chi connectivity index (χ0) is 18.4. The second kappa shape index (κ2) is 8.72. The minimum atomic E-state index is 0.0239. The fourth-order valence-electron chi connectivity index (χ4n) is 3.35. The second-order valence-electron chi connectivity index (χ2n) is 6.61. The molecule has 1 aliphatic heterocycles. The highest BCUT2D eigenvalue weighted by Crippen LogP contribution is 2.23. The molecule has 0 radical (unpaired) electrons. The molecule has 138 valence electrons. The van der Waals surface area contributed by atoms with Gasteiger partial charge >= 0.3 is 0 Å². The quantitative estimate of drug-likeness (QED) is 0.866. The van der Waals surface area contributed by atoms with Gasteiger partial charge in [0.05, 0.1) is 12.8 Å². The Labute approximate surface area is 155 Å². The highest BCUT2D eigenvalue weighted by molar-refractivity contribution is 5.92. The smallest absolute Gasteiger partial charge is 0.225 e. The Kier molecular flexibility index (Phi) is 6.12. The van der Waals surface area contributed by atoms with Crippen LogP contribution in [0.15, 0.2) is 48.5 Å². The summed E-state index contributed by atoms with van der Waals surface area (Å²) in [7, 11) is 1.61. The summed E-state index contributed by atoms with van der Waals surface area (Å²) in [5, 5.41) is 2.94. The SMILES string of the molecule is COc1ccccc1NC(=O)CCN1CCN(c2ccccc2C)CC1. The van der Waals surface area contributed by atoms with Crippen LogP contribution in [0, 0.1) is 6.92 Å². The number of nitrogens with one attached hydrogen (secondary N) is 1. The Bertz CT molecular complexity index is 740. The number of nitrogens with zero attached hydrogens (tertiary/aromatic N) is 2. The first kappa shape index (κ1) is 18.3. The first-order valence-electron chi connectivity index (χ1n) is 9.13. The van der Waals surface area contributed by atoms with E-state index in [0.29, 0.717) is 12.2 Å². The number of hydrogen-bond donors (Lipinski definition) is 1. The number of benzene rings is 2. The van der Waals surface area contributed by atoms with Crippen LogP contribution in [0.5, 0.6) is 5.75 Å². The summed E-state index contributed by atoms with van der Waals surface area (Å²) in [5.41, 5.74) is 3.36. The van der Waals surface area contributed by atoms with Crippen LogP contribution < -0.4 is 15.0 Å². The van der Waals surface area contributed by atoms with Crippen molar-refractivity contribution in [1.29, 1.82) is 0 Å². The second-order valence-corrected chi connectivity index (χ2v) is 6.61. The predicted octanol–water partition coefficient (Wildman–Crippen LogP) is 3.15. The number of anilines is 2. The van der Waals surface area contributed by atoms with Crippen molar-refractivity contribution in [2.75, 3.05) is 50.1 Å². The molecule has 5 heteroatoms. The lowest BCUT2D eigenvalue weighted by Gasteiger charge is -2.36. The van der Waals surface area contributed by atoms with Crippen LogP contribution in [-0.2, 0) is 4.79 Å². The molecule has 26 heavy (non-hydrogen) atoms. The number of rotatable bonds is 6. The van der Waals surface area contributed by atoms with Crippen LogP contribution in [0.4, 0.5) is 11.4 Å². The van der Waals surface area contributed by atoms with Gasteiger partial charge < -0.3 is 15.0 Å². The van der Waals surface area contributed by atoms with E-state index in [1.54, 1.807) is 7.11 Å². The number of aryl methyl sites for hydroxylation is 1. The fourth-order valence-corrected chi connectivity index (χ4v) is 3.35. The van der Waals surface area contributed by atoms with Crippen molar-refractivity contribution in [2.24, 2.45) is 0 Å². The van der Waals surface area contributed by atoms with Crippen molar-refractivity contribution >= 4 is 17.3 Å². The van der Waals surface area contributed by atoms with E-state index in [-0.39, 0.29) is 5.91 Å². The molecule has 1 N–H and O–H groups in total. The molecule has 2 aromatic carbocycles. The monoisotopic (exact) mass is 353 g/mol. The summed E-state index contributed by atoms with van der Waals surface area (Å²) in [6.07, 6.45) is 0.489. The Morgan fingerprint density at radius 2 is 1.73 bits per heavy atom. The third kappa shape index (κ3) is 4.55. The van der Waals surface area contributed by atoms with E-state index in [4.69, 9.17) is 4.74 Å². The maximum Gasteiger partial charge on any atom is 0.225 e. The topological polar surface area (TPSA) is 44.8 Å². The zero-order valence-corrected chi connectivity index (χ0v) is 15.6. The molecule has 1 heterocycles. The summed E-state index contributed by atoms with van der Waals surface area (Å²) in [4.78, 5) is 17.0. The van der Waals surface area contributed by atoms with Crippen LogP contribution in [0.1, 0.15) is 12.0 Å². The summed E-state index contributed by atoms with van der Waals surface area (Å²) in [6.45, 7) is 6.90. The van der Waals surface area contributed by atoms with Gasteiger partial charge in [-0.15, -0.1) is 0 Å². The average molecular weight is 353 g/mol. The van der Waals surface area contributed by atoms with Gasteiger partial charge in [0.1, 0.15) is 5.75 Å². The molecule has 1 aliphatic rings. The number of ether oxygens (including phenoxy) is 1. The van der Waals surface area contributed by atoms with Crippen LogP contribution in [-0.4, -0.2) is 50.6 Å². The molecule has 1 fully saturated rings. The minimum absolute atomic E-state index is 0.0239. The number of amides is 1. The van der Waals surface area contributed by atoms with Crippen molar-refractivity contribution in [1.82, 2.24) is 4.90 Å². The number of carbonyl (C=O) groups excluding carboxylic acids is 1. The average Bonchev–Trinajstić information content (AvgIpc) is 2.68. The van der Waals surface area contributed by atoms with Crippen molar-refractivity contribution in [2.45, 2.75) is 13.3 Å². The van der Waals surface area contributed by atoms with Crippen LogP contribution in [0.2, 0.25) is 0 Å². The zero-order valence-electron chi connectivity index (χ0n) is 15.6. The molecular weight excluding hydrogens is 326 g/mol. The van der Waals surface area contributed by atoms with Gasteiger partial charge in [0, 0.05) is 44.8 Å². The minimum Gasteiger partial charge on any atom is -0.495 e. The lowest BCUT2D eigenvalue weighted by atomic mass is 10.1. The van der Waals surface area contributed by atoms with Gasteiger partial charge in [-0.3, -0.25) is 9.69 Å². The van der Waals surface area contributed by atoms with Gasteiger partial charge in [-0.2, -0.15) is 0 Å². The van der Waals surface area contributed by atoms with Gasteiger partial charge in [-0.1, -0.05) is 30.3 Å². The number of para-hydroxylation sites is 3. The molecule has 0 bridgehead atoms. The third-order valence-electron chi connectivity index (χ3n) is 4.86. The Morgan fingerprint density at radius 3 is 2.46 bits per heavy atom. The van der Waals surface area contributed by atoms with Crippen LogP contribution >= 0.6 is 0 Å². The molecule has 0 atom stereocenters. The van der Waals surface area contributed by atoms with Gasteiger partial charge in [-0.05, 0) is 30.7 Å². The van der Waals surface area contributed by atoms with E-state index < -0.39 is 0 Å². The number of hydrogen-bond acceptors (Lipinski definition) is 4. The molecule has 0 aromatic heterocycles. The molecular formula is C21H27N3O2. The third-order valence-corrected chi connectivity index (χ3v) is 4.86. The largest absolute Gasteiger partial charge is 0.495 e. The standard InChI is InChI=1S/C21H27N3O2/c1-17-7-3-5-9-19(17)24-15-13-23(14-16-24)12-11-21(25)22-18-8-4-6-10-20(18)26-2/h3-10H,11-16H2,1-2H3,(H,22,25). The summed E-state index contributed by atoms with van der Waals surface area (Å²) in [5.74, 6) is 0.712. The molecule has 0 spiro atoms. The number of methoxy groups -OCH3 is 1. The summed E-state index contributed by atoms with van der Waals surface area (Å²) < 4.78 is 5.27. The van der Waals surface area contributed by atoms with E-state index in [9.17, 15) is 4.79 Å². The normalized spacial score (nSPS) is 14.9. The highest BCUT2D eigenvalue weighted by atomic mass is 16.5. The molecule has 2 aromatic rings.